The highest BCUT2D eigenvalue weighted by Gasteiger charge is 2.29. The maximum absolute atomic E-state index is 12.0. The molecule has 1 aromatic heterocycles. The Morgan fingerprint density at radius 3 is 2.80 bits per heavy atom. The number of fused-ring (bicyclic) bond motifs is 1. The number of hydrogen-bond acceptors (Lipinski definition) is 3. The normalized spacial score (nSPS) is 16.2. The molecule has 0 fully saturated rings. The van der Waals surface area contributed by atoms with Crippen LogP contribution < -0.4 is 10.1 Å². The van der Waals surface area contributed by atoms with E-state index in [1.165, 1.54) is 0 Å². The third kappa shape index (κ3) is 3.10. The average molecular weight is 354 g/mol. The maximum Gasteiger partial charge on any atom is 0.226 e. The second-order valence-electron chi connectivity index (χ2n) is 5.92. The number of para-hydroxylation sites is 1. The van der Waals surface area contributed by atoms with Gasteiger partial charge in [-0.05, 0) is 12.1 Å². The van der Waals surface area contributed by atoms with Crippen LogP contribution in [0.25, 0.3) is 0 Å². The van der Waals surface area contributed by atoms with Crippen LogP contribution in [0.5, 0.6) is 5.75 Å². The molecule has 0 radical (unpaired) electrons. The lowest BCUT2D eigenvalue weighted by molar-refractivity contribution is -0.116. The monoisotopic (exact) mass is 353 g/mol. The summed E-state index contributed by atoms with van der Waals surface area (Å²) in [6, 6.07) is 15.4. The van der Waals surface area contributed by atoms with Crippen molar-refractivity contribution in [3.8, 4) is 5.75 Å². The van der Waals surface area contributed by atoms with Gasteiger partial charge in [-0.2, -0.15) is 5.10 Å². The van der Waals surface area contributed by atoms with E-state index < -0.39 is 0 Å². The van der Waals surface area contributed by atoms with Gasteiger partial charge in [0.1, 0.15) is 18.2 Å². The Bertz CT molecular complexity index is 922. The number of carbonyl (C=O) groups excluding carboxylic acids is 1. The molecule has 2 heterocycles. The maximum atomic E-state index is 12.0. The number of hydrogen-bond donors (Lipinski definition) is 2. The molecule has 0 unspecified atom stereocenters. The highest BCUT2D eigenvalue weighted by molar-refractivity contribution is 6.31. The number of anilines is 1. The van der Waals surface area contributed by atoms with Gasteiger partial charge in [-0.25, -0.2) is 0 Å². The molecule has 126 valence electrons. The summed E-state index contributed by atoms with van der Waals surface area (Å²) < 4.78 is 6.04. The van der Waals surface area contributed by atoms with Crippen molar-refractivity contribution in [2.24, 2.45) is 0 Å². The SMILES string of the molecule is O=C1C[C@@H](c2ccccc2OCc2ccccc2Cl)c2cn[nH]c2N1. The van der Waals surface area contributed by atoms with E-state index in [4.69, 9.17) is 16.3 Å². The fraction of sp³-hybridized carbons (Fsp3) is 0.158. The zero-order valence-corrected chi connectivity index (χ0v) is 14.1. The van der Waals surface area contributed by atoms with E-state index in [0.717, 1.165) is 22.4 Å². The number of aromatic nitrogens is 2. The van der Waals surface area contributed by atoms with E-state index in [9.17, 15) is 4.79 Å². The fourth-order valence-electron chi connectivity index (χ4n) is 3.09. The van der Waals surface area contributed by atoms with Crippen molar-refractivity contribution >= 4 is 23.3 Å². The van der Waals surface area contributed by atoms with Gasteiger partial charge in [0.25, 0.3) is 0 Å². The predicted octanol–water partition coefficient (Wildman–Crippen LogP) is 4.12. The molecule has 0 saturated carbocycles. The van der Waals surface area contributed by atoms with Gasteiger partial charge in [0.15, 0.2) is 0 Å². The van der Waals surface area contributed by atoms with Gasteiger partial charge < -0.3 is 10.1 Å². The van der Waals surface area contributed by atoms with Crippen molar-refractivity contribution in [1.29, 1.82) is 0 Å². The van der Waals surface area contributed by atoms with Crippen molar-refractivity contribution in [2.75, 3.05) is 5.32 Å². The molecule has 6 heteroatoms. The van der Waals surface area contributed by atoms with Gasteiger partial charge >= 0.3 is 0 Å². The molecular weight excluding hydrogens is 338 g/mol. The summed E-state index contributed by atoms with van der Waals surface area (Å²) in [5, 5.41) is 10.4. The van der Waals surface area contributed by atoms with Crippen LogP contribution in [0.4, 0.5) is 5.82 Å². The van der Waals surface area contributed by atoms with Gasteiger partial charge in [-0.3, -0.25) is 9.89 Å². The quantitative estimate of drug-likeness (QED) is 0.741. The number of ether oxygens (including phenoxy) is 1. The van der Waals surface area contributed by atoms with Crippen LogP contribution >= 0.6 is 11.6 Å². The molecule has 5 nitrogen and oxygen atoms in total. The Kier molecular flexibility index (Phi) is 4.15. The number of nitrogens with zero attached hydrogens (tertiary/aromatic N) is 1. The molecule has 1 aliphatic heterocycles. The van der Waals surface area contributed by atoms with Gasteiger partial charge in [-0.1, -0.05) is 48.0 Å². The summed E-state index contributed by atoms with van der Waals surface area (Å²) in [4.78, 5) is 12.0. The Hall–Kier alpha value is -2.79. The van der Waals surface area contributed by atoms with Crippen LogP contribution in [0.1, 0.15) is 29.0 Å². The topological polar surface area (TPSA) is 67.0 Å². The van der Waals surface area contributed by atoms with E-state index in [0.29, 0.717) is 23.9 Å². The Balaban J connectivity index is 1.64. The first-order chi connectivity index (χ1) is 12.2. The molecule has 25 heavy (non-hydrogen) atoms. The standard InChI is InChI=1S/C19H16ClN3O2/c20-16-7-3-1-5-12(16)11-25-17-8-4-2-6-13(17)14-9-18(24)22-19-15(14)10-21-23-19/h1-8,10,14H,9,11H2,(H2,21,22,23,24)/t14-/m0/s1. The summed E-state index contributed by atoms with van der Waals surface area (Å²) in [7, 11) is 0. The second-order valence-corrected chi connectivity index (χ2v) is 6.33. The minimum atomic E-state index is -0.0926. The predicted molar refractivity (Wildman–Crippen MR) is 95.9 cm³/mol. The third-order valence-corrected chi connectivity index (χ3v) is 4.70. The average Bonchev–Trinajstić information content (AvgIpc) is 3.09. The molecule has 1 atom stereocenters. The van der Waals surface area contributed by atoms with Crippen LogP contribution in [0.2, 0.25) is 5.02 Å². The number of aromatic amines is 1. The molecule has 0 saturated heterocycles. The van der Waals surface area contributed by atoms with E-state index in [2.05, 4.69) is 15.5 Å². The number of rotatable bonds is 4. The van der Waals surface area contributed by atoms with Crippen LogP contribution in [0.3, 0.4) is 0 Å². The first-order valence-electron chi connectivity index (χ1n) is 8.00. The van der Waals surface area contributed by atoms with Crippen LogP contribution in [-0.4, -0.2) is 16.1 Å². The van der Waals surface area contributed by atoms with E-state index in [1.54, 1.807) is 6.20 Å². The zero-order valence-electron chi connectivity index (χ0n) is 13.3. The number of carbonyl (C=O) groups is 1. The molecule has 1 aliphatic rings. The Morgan fingerprint density at radius 1 is 1.12 bits per heavy atom. The number of nitrogens with one attached hydrogen (secondary N) is 2. The molecule has 0 bridgehead atoms. The lowest BCUT2D eigenvalue weighted by Crippen LogP contribution is -2.23. The molecule has 2 N–H and O–H groups in total. The summed E-state index contributed by atoms with van der Waals surface area (Å²) in [6.07, 6.45) is 2.11. The summed E-state index contributed by atoms with van der Waals surface area (Å²) >= 11 is 6.21. The first-order valence-corrected chi connectivity index (χ1v) is 8.38. The van der Waals surface area contributed by atoms with Crippen molar-refractivity contribution < 1.29 is 9.53 Å². The smallest absolute Gasteiger partial charge is 0.226 e. The largest absolute Gasteiger partial charge is 0.489 e. The van der Waals surface area contributed by atoms with E-state index in [-0.39, 0.29) is 11.8 Å². The van der Waals surface area contributed by atoms with E-state index >= 15 is 0 Å². The number of halogens is 1. The molecule has 0 aliphatic carbocycles. The van der Waals surface area contributed by atoms with E-state index in [1.807, 2.05) is 48.5 Å². The highest BCUT2D eigenvalue weighted by atomic mass is 35.5. The van der Waals surface area contributed by atoms with Crippen molar-refractivity contribution in [3.05, 3.63) is 76.4 Å². The number of amides is 1. The minimum absolute atomic E-state index is 0.0392. The fourth-order valence-corrected chi connectivity index (χ4v) is 3.28. The molecule has 1 amide bonds. The number of H-pyrrole nitrogens is 1. The van der Waals surface area contributed by atoms with Crippen LogP contribution in [0.15, 0.2) is 54.7 Å². The van der Waals surface area contributed by atoms with Crippen molar-refractivity contribution in [1.82, 2.24) is 10.2 Å². The Labute approximate surface area is 150 Å². The lowest BCUT2D eigenvalue weighted by atomic mass is 9.87. The van der Waals surface area contributed by atoms with Gasteiger partial charge in [-0.15, -0.1) is 0 Å². The first kappa shape index (κ1) is 15.7. The summed E-state index contributed by atoms with van der Waals surface area (Å²) in [5.74, 6) is 1.27. The molecule has 3 aromatic rings. The van der Waals surface area contributed by atoms with Gasteiger partial charge in [0, 0.05) is 34.1 Å². The molecular formula is C19H16ClN3O2. The molecule has 2 aromatic carbocycles. The van der Waals surface area contributed by atoms with Gasteiger partial charge in [0.2, 0.25) is 5.91 Å². The van der Waals surface area contributed by atoms with Crippen molar-refractivity contribution in [2.45, 2.75) is 18.9 Å². The number of benzene rings is 2. The summed E-state index contributed by atoms with van der Waals surface area (Å²) in [6.45, 7) is 0.369. The van der Waals surface area contributed by atoms with Crippen molar-refractivity contribution in [3.63, 3.8) is 0 Å². The molecule has 0 spiro atoms. The second kappa shape index (κ2) is 6.61. The lowest BCUT2D eigenvalue weighted by Gasteiger charge is -2.24. The Morgan fingerprint density at radius 2 is 1.92 bits per heavy atom. The third-order valence-electron chi connectivity index (χ3n) is 4.33. The highest BCUT2D eigenvalue weighted by Crippen LogP contribution is 2.39. The minimum Gasteiger partial charge on any atom is -0.489 e. The molecule has 4 rings (SSSR count). The summed E-state index contributed by atoms with van der Waals surface area (Å²) in [5.41, 5.74) is 2.85. The van der Waals surface area contributed by atoms with Crippen LogP contribution in [-0.2, 0) is 11.4 Å². The van der Waals surface area contributed by atoms with Gasteiger partial charge in [0.05, 0.1) is 6.20 Å². The zero-order chi connectivity index (χ0) is 17.2. The van der Waals surface area contributed by atoms with Crippen LogP contribution in [0, 0.1) is 0 Å².